The number of benzene rings is 1. The first-order valence-electron chi connectivity index (χ1n) is 3.66. The largest absolute Gasteiger partial charge is 0.416 e. The molecule has 0 amide bonds. The number of halogens is 4. The Morgan fingerprint density at radius 2 is 2.00 bits per heavy atom. The summed E-state index contributed by atoms with van der Waals surface area (Å²) >= 11 is 5.51. The van der Waals surface area contributed by atoms with Gasteiger partial charge in [0.1, 0.15) is 0 Å². The molecule has 75 valence electrons. The lowest BCUT2D eigenvalue weighted by Crippen LogP contribution is -2.09. The Labute approximate surface area is 83.5 Å². The van der Waals surface area contributed by atoms with Crippen molar-refractivity contribution >= 4 is 17.9 Å². The molecule has 0 fully saturated rings. The predicted molar refractivity (Wildman–Crippen MR) is 45.9 cm³/mol. The number of hydrogen-bond acceptors (Lipinski definition) is 1. The van der Waals surface area contributed by atoms with Crippen LogP contribution in [0.5, 0.6) is 0 Å². The maximum Gasteiger partial charge on any atom is 0.416 e. The molecule has 0 aliphatic rings. The Bertz CT molecular complexity index is 346. The summed E-state index contributed by atoms with van der Waals surface area (Å²) in [5, 5.41) is 0.170. The minimum atomic E-state index is -4.46. The molecule has 0 aliphatic heterocycles. The second-order valence-corrected chi connectivity index (χ2v) is 3.06. The molecule has 14 heavy (non-hydrogen) atoms. The Kier molecular flexibility index (Phi) is 3.16. The van der Waals surface area contributed by atoms with Crippen LogP contribution < -0.4 is 0 Å². The molecule has 1 radical (unpaired) electrons. The zero-order valence-corrected chi connectivity index (χ0v) is 7.62. The summed E-state index contributed by atoms with van der Waals surface area (Å²) in [6.45, 7) is 0. The molecule has 0 saturated carbocycles. The topological polar surface area (TPSA) is 17.1 Å². The molecule has 0 aromatic heterocycles. The van der Waals surface area contributed by atoms with E-state index in [9.17, 15) is 18.0 Å². The highest BCUT2D eigenvalue weighted by Crippen LogP contribution is 2.33. The van der Waals surface area contributed by atoms with Crippen LogP contribution in [-0.2, 0) is 17.4 Å². The van der Waals surface area contributed by atoms with Gasteiger partial charge < -0.3 is 0 Å². The fraction of sp³-hybridized carbons (Fsp3) is 0.222. The minimum absolute atomic E-state index is 0.153. The third-order valence-corrected chi connectivity index (χ3v) is 1.87. The van der Waals surface area contributed by atoms with Crippen LogP contribution in [0.1, 0.15) is 11.1 Å². The van der Waals surface area contributed by atoms with E-state index in [0.29, 0.717) is 0 Å². The molecule has 0 spiro atoms. The lowest BCUT2D eigenvalue weighted by atomic mass is 10.1. The van der Waals surface area contributed by atoms with Gasteiger partial charge in [-0.05, 0) is 23.8 Å². The third-order valence-electron chi connectivity index (χ3n) is 1.64. The average Bonchev–Trinajstić information content (AvgIpc) is 2.02. The van der Waals surface area contributed by atoms with Crippen LogP contribution in [0.25, 0.3) is 0 Å². The maximum absolute atomic E-state index is 12.3. The van der Waals surface area contributed by atoms with Crippen molar-refractivity contribution in [2.45, 2.75) is 12.6 Å². The highest BCUT2D eigenvalue weighted by molar-refractivity contribution is 6.30. The van der Waals surface area contributed by atoms with Gasteiger partial charge in [-0.1, -0.05) is 11.6 Å². The zero-order valence-electron chi connectivity index (χ0n) is 6.86. The second-order valence-electron chi connectivity index (χ2n) is 2.62. The summed E-state index contributed by atoms with van der Waals surface area (Å²) in [6.07, 6.45) is -3.45. The third kappa shape index (κ3) is 2.48. The van der Waals surface area contributed by atoms with Gasteiger partial charge in [-0.25, -0.2) is 0 Å². The van der Waals surface area contributed by atoms with E-state index in [4.69, 9.17) is 11.6 Å². The van der Waals surface area contributed by atoms with Gasteiger partial charge in [0.05, 0.1) is 5.56 Å². The van der Waals surface area contributed by atoms with Crippen molar-refractivity contribution in [3.8, 4) is 0 Å². The van der Waals surface area contributed by atoms with E-state index in [2.05, 4.69) is 0 Å². The molecule has 5 heteroatoms. The summed E-state index contributed by atoms with van der Waals surface area (Å²) in [5.41, 5.74) is -0.995. The van der Waals surface area contributed by atoms with Gasteiger partial charge in [0.25, 0.3) is 0 Å². The fourth-order valence-electron chi connectivity index (χ4n) is 1.06. The van der Waals surface area contributed by atoms with Crippen molar-refractivity contribution in [2.75, 3.05) is 0 Å². The molecule has 0 atom stereocenters. The lowest BCUT2D eigenvalue weighted by Gasteiger charge is -2.10. The molecule has 0 aliphatic carbocycles. The summed E-state index contributed by atoms with van der Waals surface area (Å²) in [5.74, 6) is 0. The highest BCUT2D eigenvalue weighted by Gasteiger charge is 2.32. The number of carbonyl (C=O) groups excluding carboxylic acids is 1. The molecular formula is C9H5ClF3O. The molecule has 1 aromatic carbocycles. The highest BCUT2D eigenvalue weighted by atomic mass is 35.5. The summed E-state index contributed by atoms with van der Waals surface area (Å²) < 4.78 is 37.0. The Morgan fingerprint density at radius 1 is 1.36 bits per heavy atom. The lowest BCUT2D eigenvalue weighted by molar-refractivity contribution is -0.138. The second kappa shape index (κ2) is 4.00. The van der Waals surface area contributed by atoms with E-state index in [1.54, 1.807) is 0 Å². The van der Waals surface area contributed by atoms with Crippen molar-refractivity contribution in [3.63, 3.8) is 0 Å². The van der Waals surface area contributed by atoms with Gasteiger partial charge in [0.15, 0.2) is 0 Å². The van der Waals surface area contributed by atoms with Crippen molar-refractivity contribution < 1.29 is 18.0 Å². The molecule has 0 heterocycles. The first-order valence-corrected chi connectivity index (χ1v) is 4.03. The van der Waals surface area contributed by atoms with Crippen LogP contribution in [0, 0.1) is 0 Å². The van der Waals surface area contributed by atoms with Gasteiger partial charge in [-0.3, -0.25) is 4.79 Å². The van der Waals surface area contributed by atoms with Crippen LogP contribution in [0.4, 0.5) is 13.2 Å². The molecule has 1 aromatic rings. The number of rotatable bonds is 2. The molecular weight excluding hydrogens is 217 g/mol. The van der Waals surface area contributed by atoms with E-state index in [-0.39, 0.29) is 10.6 Å². The number of alkyl halides is 3. The van der Waals surface area contributed by atoms with Gasteiger partial charge in [0, 0.05) is 11.4 Å². The van der Waals surface area contributed by atoms with Crippen LogP contribution in [0.15, 0.2) is 18.2 Å². The van der Waals surface area contributed by atoms with Crippen molar-refractivity contribution in [2.24, 2.45) is 0 Å². The van der Waals surface area contributed by atoms with Gasteiger partial charge in [0.2, 0.25) is 6.29 Å². The Hall–Kier alpha value is -1.03. The Morgan fingerprint density at radius 3 is 2.50 bits per heavy atom. The minimum Gasteiger partial charge on any atom is -0.291 e. The maximum atomic E-state index is 12.3. The SMILES string of the molecule is O=[C]Cc1cc(Cl)ccc1C(F)(F)F. The van der Waals surface area contributed by atoms with E-state index < -0.39 is 18.2 Å². The van der Waals surface area contributed by atoms with Gasteiger partial charge in [-0.2, -0.15) is 13.2 Å². The van der Waals surface area contributed by atoms with E-state index in [1.165, 1.54) is 6.29 Å². The molecule has 0 bridgehead atoms. The molecule has 0 unspecified atom stereocenters. The molecule has 0 N–H and O–H groups in total. The van der Waals surface area contributed by atoms with Gasteiger partial charge >= 0.3 is 6.18 Å². The van der Waals surface area contributed by atoms with Gasteiger partial charge in [-0.15, -0.1) is 0 Å². The monoisotopic (exact) mass is 221 g/mol. The fourth-order valence-corrected chi connectivity index (χ4v) is 1.26. The van der Waals surface area contributed by atoms with Crippen LogP contribution in [-0.4, -0.2) is 6.29 Å². The standard InChI is InChI=1S/C9H5ClF3O/c10-7-1-2-8(9(11,12)13)6(5-7)3-4-14/h1-2,5H,3H2. The average molecular weight is 222 g/mol. The van der Waals surface area contributed by atoms with Crippen LogP contribution in [0.3, 0.4) is 0 Å². The summed E-state index contributed by atoms with van der Waals surface area (Å²) in [6, 6.07) is 3.11. The molecule has 0 saturated heterocycles. The number of hydrogen-bond donors (Lipinski definition) is 0. The summed E-state index contributed by atoms with van der Waals surface area (Å²) in [4.78, 5) is 10.0. The first kappa shape index (κ1) is 11.0. The van der Waals surface area contributed by atoms with E-state index in [0.717, 1.165) is 18.2 Å². The van der Waals surface area contributed by atoms with Crippen LogP contribution >= 0.6 is 11.6 Å². The van der Waals surface area contributed by atoms with Crippen molar-refractivity contribution in [1.29, 1.82) is 0 Å². The Balaban J connectivity index is 3.21. The molecule has 1 nitrogen and oxygen atoms in total. The quantitative estimate of drug-likeness (QED) is 0.750. The van der Waals surface area contributed by atoms with E-state index >= 15 is 0 Å². The zero-order chi connectivity index (χ0) is 10.8. The smallest absolute Gasteiger partial charge is 0.291 e. The van der Waals surface area contributed by atoms with Crippen LogP contribution in [0.2, 0.25) is 5.02 Å². The normalized spacial score (nSPS) is 11.4. The molecule has 1 rings (SSSR count). The van der Waals surface area contributed by atoms with Crippen molar-refractivity contribution in [3.05, 3.63) is 34.3 Å². The van der Waals surface area contributed by atoms with Crippen molar-refractivity contribution in [1.82, 2.24) is 0 Å². The first-order chi connectivity index (χ1) is 6.45. The van der Waals surface area contributed by atoms with E-state index in [1.807, 2.05) is 0 Å². The predicted octanol–water partition coefficient (Wildman–Crippen LogP) is 3.01. The summed E-state index contributed by atoms with van der Waals surface area (Å²) in [7, 11) is 0.